The first-order chi connectivity index (χ1) is 12.4. The summed E-state index contributed by atoms with van der Waals surface area (Å²) in [5, 5.41) is 3.20. The Morgan fingerprint density at radius 3 is 2.35 bits per heavy atom. The Bertz CT molecular complexity index is 756. The van der Waals surface area contributed by atoms with Gasteiger partial charge in [0.1, 0.15) is 0 Å². The van der Waals surface area contributed by atoms with E-state index >= 15 is 0 Å². The number of carbonyl (C=O) groups is 1. The van der Waals surface area contributed by atoms with Crippen molar-refractivity contribution >= 4 is 11.6 Å². The molecule has 3 rings (SSSR count). The second-order valence-corrected chi connectivity index (χ2v) is 7.82. The summed E-state index contributed by atoms with van der Waals surface area (Å²) < 4.78 is 0. The molecule has 1 N–H and O–H groups in total. The quantitative estimate of drug-likeness (QED) is 0.861. The molecule has 1 fully saturated rings. The Labute approximate surface area is 157 Å². The highest BCUT2D eigenvalue weighted by molar-refractivity contribution is 5.94. The highest BCUT2D eigenvalue weighted by Gasteiger charge is 2.26. The van der Waals surface area contributed by atoms with Crippen LogP contribution < -0.4 is 5.32 Å². The number of likely N-dealkylation sites (tertiary alicyclic amines) is 1. The Morgan fingerprint density at radius 2 is 1.69 bits per heavy atom. The predicted molar refractivity (Wildman–Crippen MR) is 108 cm³/mol. The average Bonchev–Trinajstić information content (AvgIpc) is 2.60. The van der Waals surface area contributed by atoms with E-state index in [-0.39, 0.29) is 11.8 Å². The van der Waals surface area contributed by atoms with E-state index in [1.165, 1.54) is 16.7 Å². The Hall–Kier alpha value is -2.13. The third-order valence-corrected chi connectivity index (χ3v) is 5.33. The van der Waals surface area contributed by atoms with Crippen molar-refractivity contribution in [3.05, 3.63) is 64.2 Å². The number of carbonyl (C=O) groups excluding carboxylic acids is 1. The number of nitrogens with zero attached hydrogens (tertiary/aromatic N) is 1. The van der Waals surface area contributed by atoms with Crippen molar-refractivity contribution in [3.8, 4) is 0 Å². The van der Waals surface area contributed by atoms with E-state index in [1.54, 1.807) is 0 Å². The molecule has 2 aromatic carbocycles. The molecule has 2 aromatic rings. The van der Waals surface area contributed by atoms with Crippen molar-refractivity contribution in [2.75, 3.05) is 18.4 Å². The molecule has 3 nitrogen and oxygen atoms in total. The molecule has 26 heavy (non-hydrogen) atoms. The van der Waals surface area contributed by atoms with Gasteiger partial charge in [0.15, 0.2) is 0 Å². The molecule has 1 amide bonds. The summed E-state index contributed by atoms with van der Waals surface area (Å²) in [6.45, 7) is 11.2. The van der Waals surface area contributed by atoms with Crippen LogP contribution in [0.1, 0.15) is 40.7 Å². The minimum Gasteiger partial charge on any atom is -0.325 e. The smallest absolute Gasteiger partial charge is 0.228 e. The lowest BCUT2D eigenvalue weighted by molar-refractivity contribution is -0.121. The van der Waals surface area contributed by atoms with Gasteiger partial charge in [-0.1, -0.05) is 47.5 Å². The second-order valence-electron chi connectivity index (χ2n) is 7.82. The highest BCUT2D eigenvalue weighted by atomic mass is 16.1. The molecule has 1 saturated heterocycles. The highest BCUT2D eigenvalue weighted by Crippen LogP contribution is 2.25. The summed E-state index contributed by atoms with van der Waals surface area (Å²) in [6, 6.07) is 13.0. The first kappa shape index (κ1) is 18.7. The van der Waals surface area contributed by atoms with E-state index in [4.69, 9.17) is 0 Å². The summed E-state index contributed by atoms with van der Waals surface area (Å²) in [5.74, 6) is 0.225. The lowest BCUT2D eigenvalue weighted by Crippen LogP contribution is -2.40. The van der Waals surface area contributed by atoms with E-state index in [9.17, 15) is 4.79 Å². The Kier molecular flexibility index (Phi) is 5.77. The fraction of sp³-hybridized carbons (Fsp3) is 0.435. The van der Waals surface area contributed by atoms with Gasteiger partial charge in [0, 0.05) is 18.8 Å². The van der Waals surface area contributed by atoms with Crippen LogP contribution in [-0.2, 0) is 11.3 Å². The normalized spacial score (nSPS) is 17.9. The maximum Gasteiger partial charge on any atom is 0.228 e. The standard InChI is InChI=1S/C23H30N2O/c1-16-7-9-20(10-8-16)14-25-11-5-6-21(15-25)23(26)24-22-18(3)12-17(2)13-19(22)4/h7-10,12-13,21H,5-6,11,14-15H2,1-4H3,(H,24,26). The van der Waals surface area contributed by atoms with Gasteiger partial charge in [0.2, 0.25) is 5.91 Å². The topological polar surface area (TPSA) is 32.3 Å². The molecule has 1 aliphatic rings. The number of piperidine rings is 1. The average molecular weight is 351 g/mol. The van der Waals surface area contributed by atoms with Gasteiger partial charge in [-0.3, -0.25) is 9.69 Å². The Morgan fingerprint density at radius 1 is 1.04 bits per heavy atom. The molecular weight excluding hydrogens is 320 g/mol. The number of amides is 1. The van der Waals surface area contributed by atoms with Gasteiger partial charge in [0.05, 0.1) is 5.92 Å². The van der Waals surface area contributed by atoms with E-state index in [1.807, 2.05) is 0 Å². The molecule has 1 aliphatic heterocycles. The van der Waals surface area contributed by atoms with E-state index in [0.29, 0.717) is 0 Å². The van der Waals surface area contributed by atoms with Gasteiger partial charge in [-0.2, -0.15) is 0 Å². The summed E-state index contributed by atoms with van der Waals surface area (Å²) >= 11 is 0. The molecule has 1 unspecified atom stereocenters. The summed E-state index contributed by atoms with van der Waals surface area (Å²) in [5.41, 5.74) is 7.11. The number of aryl methyl sites for hydroxylation is 4. The van der Waals surface area contributed by atoms with Crippen LogP contribution in [-0.4, -0.2) is 23.9 Å². The Balaban J connectivity index is 1.64. The van der Waals surface area contributed by atoms with Crippen molar-refractivity contribution in [1.82, 2.24) is 4.90 Å². The molecule has 138 valence electrons. The van der Waals surface area contributed by atoms with Crippen molar-refractivity contribution in [3.63, 3.8) is 0 Å². The van der Waals surface area contributed by atoms with Crippen molar-refractivity contribution in [2.24, 2.45) is 5.92 Å². The predicted octanol–water partition coefficient (Wildman–Crippen LogP) is 4.77. The zero-order valence-electron chi connectivity index (χ0n) is 16.4. The monoisotopic (exact) mass is 350 g/mol. The largest absolute Gasteiger partial charge is 0.325 e. The van der Waals surface area contributed by atoms with Crippen LogP contribution in [0.2, 0.25) is 0 Å². The molecule has 1 atom stereocenters. The van der Waals surface area contributed by atoms with E-state index in [0.717, 1.165) is 49.3 Å². The van der Waals surface area contributed by atoms with Gasteiger partial charge < -0.3 is 5.32 Å². The van der Waals surface area contributed by atoms with Crippen LogP contribution in [0.4, 0.5) is 5.69 Å². The van der Waals surface area contributed by atoms with Gasteiger partial charge in [-0.05, 0) is 63.8 Å². The van der Waals surface area contributed by atoms with Crippen LogP contribution in [0.3, 0.4) is 0 Å². The maximum absolute atomic E-state index is 12.9. The summed E-state index contributed by atoms with van der Waals surface area (Å²) in [6.07, 6.45) is 2.05. The lowest BCUT2D eigenvalue weighted by Gasteiger charge is -2.32. The van der Waals surface area contributed by atoms with Gasteiger partial charge in [-0.15, -0.1) is 0 Å². The number of nitrogens with one attached hydrogen (secondary N) is 1. The zero-order chi connectivity index (χ0) is 18.7. The van der Waals surface area contributed by atoms with Crippen LogP contribution >= 0.6 is 0 Å². The molecule has 0 spiro atoms. The number of hydrogen-bond acceptors (Lipinski definition) is 2. The zero-order valence-corrected chi connectivity index (χ0v) is 16.4. The number of anilines is 1. The molecule has 1 heterocycles. The van der Waals surface area contributed by atoms with Gasteiger partial charge >= 0.3 is 0 Å². The van der Waals surface area contributed by atoms with Gasteiger partial charge in [-0.25, -0.2) is 0 Å². The van der Waals surface area contributed by atoms with Crippen molar-refractivity contribution < 1.29 is 4.79 Å². The fourth-order valence-corrected chi connectivity index (χ4v) is 3.97. The van der Waals surface area contributed by atoms with Crippen LogP contribution in [0.25, 0.3) is 0 Å². The SMILES string of the molecule is Cc1ccc(CN2CCCC(C(=O)Nc3c(C)cc(C)cc3C)C2)cc1. The first-order valence-electron chi connectivity index (χ1n) is 9.59. The molecule has 0 aliphatic carbocycles. The number of hydrogen-bond donors (Lipinski definition) is 1. The van der Waals surface area contributed by atoms with Crippen molar-refractivity contribution in [1.29, 1.82) is 0 Å². The maximum atomic E-state index is 12.9. The minimum absolute atomic E-state index is 0.0642. The van der Waals surface area contributed by atoms with Gasteiger partial charge in [0.25, 0.3) is 0 Å². The third kappa shape index (κ3) is 4.53. The molecule has 0 radical (unpaired) electrons. The third-order valence-electron chi connectivity index (χ3n) is 5.33. The fourth-order valence-electron chi connectivity index (χ4n) is 3.97. The number of rotatable bonds is 4. The second kappa shape index (κ2) is 8.05. The van der Waals surface area contributed by atoms with Crippen LogP contribution in [0, 0.1) is 33.6 Å². The molecule has 0 bridgehead atoms. The molecule has 0 aromatic heterocycles. The van der Waals surface area contributed by atoms with Crippen LogP contribution in [0.5, 0.6) is 0 Å². The lowest BCUT2D eigenvalue weighted by atomic mass is 9.96. The number of benzene rings is 2. The van der Waals surface area contributed by atoms with E-state index in [2.05, 4.69) is 74.3 Å². The molecule has 3 heteroatoms. The van der Waals surface area contributed by atoms with E-state index < -0.39 is 0 Å². The van der Waals surface area contributed by atoms with Crippen LogP contribution in [0.15, 0.2) is 36.4 Å². The minimum atomic E-state index is 0.0642. The first-order valence-corrected chi connectivity index (χ1v) is 9.59. The molecule has 0 saturated carbocycles. The van der Waals surface area contributed by atoms with Crippen molar-refractivity contribution in [2.45, 2.75) is 47.1 Å². The summed E-state index contributed by atoms with van der Waals surface area (Å²) in [4.78, 5) is 15.3. The summed E-state index contributed by atoms with van der Waals surface area (Å²) in [7, 11) is 0. The molecular formula is C23H30N2O.